The third-order valence-electron chi connectivity index (χ3n) is 5.75. The van der Waals surface area contributed by atoms with Gasteiger partial charge in [0.15, 0.2) is 5.41 Å². The van der Waals surface area contributed by atoms with Gasteiger partial charge in [0, 0.05) is 19.4 Å². The third-order valence-corrected chi connectivity index (χ3v) is 5.75. The Labute approximate surface area is 167 Å². The molecule has 0 bridgehead atoms. The molecule has 5 nitrogen and oxygen atoms in total. The number of piperidine rings is 1. The van der Waals surface area contributed by atoms with Crippen LogP contribution in [0.1, 0.15) is 36.8 Å². The van der Waals surface area contributed by atoms with Gasteiger partial charge in [-0.15, -0.1) is 0 Å². The largest absolute Gasteiger partial charge is 0.468 e. The summed E-state index contributed by atoms with van der Waals surface area (Å²) in [7, 11) is 2.62. The summed E-state index contributed by atoms with van der Waals surface area (Å²) in [6, 6.07) is 7.89. The van der Waals surface area contributed by atoms with Gasteiger partial charge in [0.05, 0.1) is 14.2 Å². The number of hydrogen-bond acceptors (Lipinski definition) is 5. The molecule has 0 spiro atoms. The number of hydrogen-bond donors (Lipinski definition) is 0. The van der Waals surface area contributed by atoms with Crippen molar-refractivity contribution >= 4 is 17.5 Å². The molecule has 0 saturated carbocycles. The van der Waals surface area contributed by atoms with Crippen molar-refractivity contribution in [3.8, 4) is 0 Å². The number of benzene rings is 1. The van der Waals surface area contributed by atoms with E-state index in [4.69, 9.17) is 9.47 Å². The van der Waals surface area contributed by atoms with Crippen molar-refractivity contribution < 1.29 is 19.1 Å². The monoisotopic (exact) mass is 383 g/mol. The Kier molecular flexibility index (Phi) is 6.35. The van der Waals surface area contributed by atoms with Gasteiger partial charge >= 0.3 is 11.9 Å². The molecule has 5 heteroatoms. The van der Waals surface area contributed by atoms with E-state index in [1.165, 1.54) is 33.5 Å². The molecule has 1 saturated heterocycles. The number of likely N-dealkylation sites (tertiary alicyclic amines) is 1. The summed E-state index contributed by atoms with van der Waals surface area (Å²) < 4.78 is 10.0. The summed E-state index contributed by atoms with van der Waals surface area (Å²) in [4.78, 5) is 27.7. The van der Waals surface area contributed by atoms with Crippen LogP contribution >= 0.6 is 0 Å². The van der Waals surface area contributed by atoms with Gasteiger partial charge in [-0.1, -0.05) is 43.3 Å². The Balaban J connectivity index is 1.95. The Morgan fingerprint density at radius 3 is 2.36 bits per heavy atom. The van der Waals surface area contributed by atoms with Gasteiger partial charge in [0.25, 0.3) is 0 Å². The minimum absolute atomic E-state index is 0.252. The highest BCUT2D eigenvalue weighted by atomic mass is 16.5. The summed E-state index contributed by atoms with van der Waals surface area (Å²) in [5.41, 5.74) is 2.57. The molecule has 1 heterocycles. The third kappa shape index (κ3) is 4.04. The molecule has 0 atom stereocenters. The second-order valence-corrected chi connectivity index (χ2v) is 7.74. The first kappa shape index (κ1) is 20.3. The lowest BCUT2D eigenvalue weighted by atomic mass is 9.69. The Bertz CT molecular complexity index is 774. The molecule has 1 aliphatic heterocycles. The van der Waals surface area contributed by atoms with Crippen molar-refractivity contribution in [2.45, 2.75) is 32.1 Å². The molecule has 0 aromatic heterocycles. The number of carbonyl (C=O) groups is 2. The number of rotatable bonds is 5. The number of ether oxygens (including phenoxy) is 2. The first-order valence-corrected chi connectivity index (χ1v) is 9.86. The molecule has 3 rings (SSSR count). The second-order valence-electron chi connectivity index (χ2n) is 7.74. The van der Waals surface area contributed by atoms with Gasteiger partial charge in [0.2, 0.25) is 0 Å². The van der Waals surface area contributed by atoms with E-state index in [2.05, 4.69) is 11.5 Å². The van der Waals surface area contributed by atoms with E-state index in [0.717, 1.165) is 41.9 Å². The van der Waals surface area contributed by atoms with E-state index in [1.807, 2.05) is 30.3 Å². The molecule has 2 aliphatic rings. The molecule has 28 heavy (non-hydrogen) atoms. The Morgan fingerprint density at radius 2 is 1.71 bits per heavy atom. The molecule has 0 radical (unpaired) electrons. The number of allylic oxidation sites excluding steroid dienone is 1. The quantitative estimate of drug-likeness (QED) is 0.576. The average Bonchev–Trinajstić information content (AvgIpc) is 2.72. The van der Waals surface area contributed by atoms with Crippen molar-refractivity contribution in [1.82, 2.24) is 4.90 Å². The number of esters is 2. The highest BCUT2D eigenvalue weighted by molar-refractivity contribution is 6.03. The van der Waals surface area contributed by atoms with Crippen LogP contribution in [-0.4, -0.2) is 50.7 Å². The predicted octanol–water partition coefficient (Wildman–Crippen LogP) is 3.39. The van der Waals surface area contributed by atoms with E-state index in [0.29, 0.717) is 0 Å². The fraction of sp³-hybridized carbons (Fsp3) is 0.478. The zero-order valence-electron chi connectivity index (χ0n) is 16.8. The average molecular weight is 383 g/mol. The van der Waals surface area contributed by atoms with Crippen molar-refractivity contribution in [1.29, 1.82) is 0 Å². The molecule has 150 valence electrons. The maximum atomic E-state index is 12.7. The topological polar surface area (TPSA) is 55.8 Å². The molecule has 0 amide bonds. The van der Waals surface area contributed by atoms with Gasteiger partial charge in [-0.3, -0.25) is 14.5 Å². The van der Waals surface area contributed by atoms with Gasteiger partial charge in [-0.05, 0) is 48.2 Å². The maximum Gasteiger partial charge on any atom is 0.323 e. The van der Waals surface area contributed by atoms with Crippen LogP contribution in [0.3, 0.4) is 0 Å². The van der Waals surface area contributed by atoms with Crippen LogP contribution in [-0.2, 0) is 25.5 Å². The van der Waals surface area contributed by atoms with Gasteiger partial charge in [-0.2, -0.15) is 0 Å². The van der Waals surface area contributed by atoms with Crippen LogP contribution in [0, 0.1) is 5.41 Å². The second kappa shape index (κ2) is 8.74. The lowest BCUT2D eigenvalue weighted by Gasteiger charge is -2.35. The molecular formula is C23H29NO4. The van der Waals surface area contributed by atoms with Crippen molar-refractivity contribution in [3.05, 3.63) is 53.6 Å². The highest BCUT2D eigenvalue weighted by Crippen LogP contribution is 2.44. The van der Waals surface area contributed by atoms with Gasteiger partial charge in [-0.25, -0.2) is 0 Å². The van der Waals surface area contributed by atoms with E-state index >= 15 is 0 Å². The van der Waals surface area contributed by atoms with Crippen LogP contribution < -0.4 is 0 Å². The molecule has 1 aliphatic carbocycles. The van der Waals surface area contributed by atoms with E-state index in [-0.39, 0.29) is 12.8 Å². The normalized spacial score (nSPS) is 20.3. The van der Waals surface area contributed by atoms with E-state index in [1.54, 1.807) is 0 Å². The zero-order valence-corrected chi connectivity index (χ0v) is 16.8. The lowest BCUT2D eigenvalue weighted by molar-refractivity contribution is -0.169. The van der Waals surface area contributed by atoms with Crippen LogP contribution in [0.5, 0.6) is 0 Å². The van der Waals surface area contributed by atoms with Gasteiger partial charge < -0.3 is 9.47 Å². The van der Waals surface area contributed by atoms with Crippen molar-refractivity contribution in [2.24, 2.45) is 5.41 Å². The first-order valence-electron chi connectivity index (χ1n) is 9.86. The van der Waals surface area contributed by atoms with Crippen LogP contribution in [0.15, 0.2) is 42.5 Å². The zero-order chi connectivity index (χ0) is 20.1. The summed E-state index contributed by atoms with van der Waals surface area (Å²) in [6.45, 7) is 7.22. The highest BCUT2D eigenvalue weighted by Gasteiger charge is 2.51. The smallest absolute Gasteiger partial charge is 0.323 e. The van der Waals surface area contributed by atoms with Crippen molar-refractivity contribution in [2.75, 3.05) is 33.9 Å². The number of fused-ring (bicyclic) bond motifs is 1. The first-order chi connectivity index (χ1) is 13.5. The van der Waals surface area contributed by atoms with Crippen LogP contribution in [0.2, 0.25) is 0 Å². The molecule has 1 aromatic carbocycles. The number of carbonyl (C=O) groups excluding carboxylic acids is 2. The van der Waals surface area contributed by atoms with Crippen LogP contribution in [0.25, 0.3) is 5.57 Å². The van der Waals surface area contributed by atoms with E-state index < -0.39 is 17.4 Å². The molecule has 0 unspecified atom stereocenters. The number of methoxy groups -OCH3 is 2. The summed E-state index contributed by atoms with van der Waals surface area (Å²) in [5.74, 6) is -1.11. The molecule has 0 N–H and O–H groups in total. The summed E-state index contributed by atoms with van der Waals surface area (Å²) >= 11 is 0. The fourth-order valence-electron chi connectivity index (χ4n) is 4.38. The minimum Gasteiger partial charge on any atom is -0.468 e. The summed E-state index contributed by atoms with van der Waals surface area (Å²) in [6.07, 6.45) is 6.30. The molecular weight excluding hydrogens is 354 g/mol. The fourth-order valence-corrected chi connectivity index (χ4v) is 4.38. The van der Waals surface area contributed by atoms with Crippen molar-refractivity contribution in [3.63, 3.8) is 0 Å². The SMILES string of the molecule is C=C(/C=C1\CC(C(=O)OC)(C(=O)OC)Cc2ccccc21)CN1CCCCC1. The Morgan fingerprint density at radius 1 is 1.07 bits per heavy atom. The van der Waals surface area contributed by atoms with Crippen LogP contribution in [0.4, 0.5) is 0 Å². The Hall–Kier alpha value is -2.40. The number of nitrogens with zero attached hydrogens (tertiary/aromatic N) is 1. The maximum absolute atomic E-state index is 12.7. The lowest BCUT2D eigenvalue weighted by Crippen LogP contribution is -2.45. The standard InChI is InChI=1S/C23H29NO4/c1-17(16-24-11-7-4-8-12-24)13-19-15-23(21(25)27-2,22(26)28-3)14-18-9-5-6-10-20(18)19/h5-6,9-10,13H,1,4,7-8,11-12,14-16H2,2-3H3/b19-13+. The predicted molar refractivity (Wildman–Crippen MR) is 109 cm³/mol. The minimum atomic E-state index is -1.35. The van der Waals surface area contributed by atoms with Gasteiger partial charge in [0.1, 0.15) is 0 Å². The molecule has 1 aromatic rings. The molecule has 1 fully saturated rings. The van der Waals surface area contributed by atoms with E-state index in [9.17, 15) is 9.59 Å². The summed E-state index contributed by atoms with van der Waals surface area (Å²) in [5, 5.41) is 0.